The van der Waals surface area contributed by atoms with Gasteiger partial charge in [-0.25, -0.2) is 0 Å². The lowest BCUT2D eigenvalue weighted by Gasteiger charge is -2.44. The molecule has 1 heterocycles. The van der Waals surface area contributed by atoms with Crippen LogP contribution in [0.5, 0.6) is 0 Å². The van der Waals surface area contributed by atoms with Crippen LogP contribution in [0.15, 0.2) is 0 Å². The van der Waals surface area contributed by atoms with E-state index in [1.807, 2.05) is 4.90 Å². The summed E-state index contributed by atoms with van der Waals surface area (Å²) in [5.41, 5.74) is 0. The molecule has 4 nitrogen and oxygen atoms in total. The van der Waals surface area contributed by atoms with Crippen molar-refractivity contribution < 1.29 is 9.59 Å². The van der Waals surface area contributed by atoms with Crippen molar-refractivity contribution in [2.75, 3.05) is 0 Å². The van der Waals surface area contributed by atoms with Crippen LogP contribution in [-0.4, -0.2) is 34.8 Å². The van der Waals surface area contributed by atoms with E-state index in [0.29, 0.717) is 0 Å². The van der Waals surface area contributed by atoms with Gasteiger partial charge in [0.05, 0.1) is 0 Å². The zero-order valence-electron chi connectivity index (χ0n) is 11.6. The molecule has 1 aliphatic heterocycles. The van der Waals surface area contributed by atoms with E-state index < -0.39 is 0 Å². The summed E-state index contributed by atoms with van der Waals surface area (Å²) in [5, 5.41) is 2.82. The molecule has 2 aliphatic rings. The van der Waals surface area contributed by atoms with Gasteiger partial charge in [0.15, 0.2) is 0 Å². The molecule has 3 atom stereocenters. The second-order valence-corrected chi connectivity index (χ2v) is 5.74. The fourth-order valence-corrected chi connectivity index (χ4v) is 3.19. The van der Waals surface area contributed by atoms with Crippen molar-refractivity contribution in [3.05, 3.63) is 0 Å². The molecule has 1 saturated carbocycles. The molecule has 18 heavy (non-hydrogen) atoms. The lowest BCUT2D eigenvalue weighted by molar-refractivity contribution is -0.153. The highest BCUT2D eigenvalue weighted by Gasteiger charge is 2.44. The summed E-state index contributed by atoms with van der Waals surface area (Å²) in [4.78, 5) is 26.5. The van der Waals surface area contributed by atoms with Crippen molar-refractivity contribution in [2.45, 2.75) is 71.0 Å². The monoisotopic (exact) mass is 252 g/mol. The fraction of sp³-hybridized carbons (Fsp3) is 0.857. The van der Waals surface area contributed by atoms with E-state index in [-0.39, 0.29) is 35.9 Å². The summed E-state index contributed by atoms with van der Waals surface area (Å²) >= 11 is 0. The van der Waals surface area contributed by atoms with Crippen LogP contribution in [0, 0.1) is 5.92 Å². The first-order valence-electron chi connectivity index (χ1n) is 7.18. The summed E-state index contributed by atoms with van der Waals surface area (Å²) in [6.45, 7) is 5.93. The Kier molecular flexibility index (Phi) is 3.93. The van der Waals surface area contributed by atoms with Crippen LogP contribution in [-0.2, 0) is 9.59 Å². The molecule has 1 aliphatic carbocycles. The number of hydrogen-bond donors (Lipinski definition) is 1. The molecule has 1 saturated heterocycles. The quantitative estimate of drug-likeness (QED) is 0.831. The molecule has 2 amide bonds. The third-order valence-corrected chi connectivity index (χ3v) is 4.45. The first-order valence-corrected chi connectivity index (χ1v) is 7.18. The Morgan fingerprint density at radius 1 is 1.33 bits per heavy atom. The van der Waals surface area contributed by atoms with Gasteiger partial charge in [0.25, 0.3) is 0 Å². The number of amides is 2. The van der Waals surface area contributed by atoms with Crippen molar-refractivity contribution in [3.8, 4) is 0 Å². The third kappa shape index (κ3) is 2.25. The highest BCUT2D eigenvalue weighted by Crippen LogP contribution is 2.30. The largest absolute Gasteiger partial charge is 0.343 e. The van der Waals surface area contributed by atoms with Gasteiger partial charge < -0.3 is 10.2 Å². The van der Waals surface area contributed by atoms with E-state index in [1.54, 1.807) is 6.92 Å². The van der Waals surface area contributed by atoms with E-state index in [2.05, 4.69) is 19.2 Å². The molecule has 2 rings (SSSR count). The molecule has 3 unspecified atom stereocenters. The molecule has 2 fully saturated rings. The minimum atomic E-state index is -0.363. The number of piperazine rings is 1. The number of rotatable bonds is 3. The smallest absolute Gasteiger partial charge is 0.245 e. The first-order chi connectivity index (χ1) is 8.56. The molecule has 4 heteroatoms. The Labute approximate surface area is 109 Å². The van der Waals surface area contributed by atoms with Gasteiger partial charge in [0.2, 0.25) is 11.8 Å². The zero-order chi connectivity index (χ0) is 13.3. The highest BCUT2D eigenvalue weighted by molar-refractivity contribution is 5.97. The lowest BCUT2D eigenvalue weighted by atomic mass is 9.91. The predicted molar refractivity (Wildman–Crippen MR) is 69.9 cm³/mol. The Morgan fingerprint density at radius 2 is 1.94 bits per heavy atom. The SMILES string of the molecule is CCC(C)C1C(=O)NC(C)C(=O)N1C1CCCC1. The van der Waals surface area contributed by atoms with Crippen LogP contribution >= 0.6 is 0 Å². The van der Waals surface area contributed by atoms with Crippen LogP contribution in [0.2, 0.25) is 0 Å². The van der Waals surface area contributed by atoms with Gasteiger partial charge in [-0.3, -0.25) is 9.59 Å². The van der Waals surface area contributed by atoms with Crippen molar-refractivity contribution in [1.29, 1.82) is 0 Å². The average molecular weight is 252 g/mol. The first kappa shape index (κ1) is 13.4. The number of carbonyl (C=O) groups excluding carboxylic acids is 2. The molecule has 0 aromatic rings. The lowest BCUT2D eigenvalue weighted by Crippen LogP contribution is -2.66. The van der Waals surface area contributed by atoms with Crippen molar-refractivity contribution >= 4 is 11.8 Å². The van der Waals surface area contributed by atoms with Gasteiger partial charge in [-0.2, -0.15) is 0 Å². The Hall–Kier alpha value is -1.06. The summed E-state index contributed by atoms with van der Waals surface area (Å²) < 4.78 is 0. The summed E-state index contributed by atoms with van der Waals surface area (Å²) in [7, 11) is 0. The average Bonchev–Trinajstić information content (AvgIpc) is 2.86. The summed E-state index contributed by atoms with van der Waals surface area (Å²) in [6.07, 6.45) is 5.38. The Morgan fingerprint density at radius 3 is 2.50 bits per heavy atom. The van der Waals surface area contributed by atoms with Crippen LogP contribution < -0.4 is 5.32 Å². The number of carbonyl (C=O) groups is 2. The van der Waals surface area contributed by atoms with Crippen LogP contribution in [0.4, 0.5) is 0 Å². The van der Waals surface area contributed by atoms with Crippen molar-refractivity contribution in [3.63, 3.8) is 0 Å². The second kappa shape index (κ2) is 5.29. The molecule has 0 aromatic heterocycles. The molecule has 102 valence electrons. The Bertz CT molecular complexity index is 337. The van der Waals surface area contributed by atoms with Crippen LogP contribution in [0.1, 0.15) is 52.9 Å². The summed E-state index contributed by atoms with van der Waals surface area (Å²) in [6, 6.07) is -0.342. The standard InChI is InChI=1S/C14H24N2O2/c1-4-9(2)12-13(17)15-10(3)14(18)16(12)11-7-5-6-8-11/h9-12H,4-8H2,1-3H3,(H,15,17). The van der Waals surface area contributed by atoms with E-state index in [1.165, 1.54) is 12.8 Å². The maximum Gasteiger partial charge on any atom is 0.245 e. The number of hydrogen-bond acceptors (Lipinski definition) is 2. The molecular formula is C14H24N2O2. The normalized spacial score (nSPS) is 31.6. The molecule has 0 bridgehead atoms. The van der Waals surface area contributed by atoms with Gasteiger partial charge in [0.1, 0.15) is 12.1 Å². The van der Waals surface area contributed by atoms with Crippen LogP contribution in [0.25, 0.3) is 0 Å². The van der Waals surface area contributed by atoms with Crippen molar-refractivity contribution in [1.82, 2.24) is 10.2 Å². The van der Waals surface area contributed by atoms with E-state index in [9.17, 15) is 9.59 Å². The number of nitrogens with one attached hydrogen (secondary N) is 1. The zero-order valence-corrected chi connectivity index (χ0v) is 11.6. The summed E-state index contributed by atoms with van der Waals surface area (Å²) in [5.74, 6) is 0.359. The highest BCUT2D eigenvalue weighted by atomic mass is 16.2. The minimum absolute atomic E-state index is 0.0309. The van der Waals surface area contributed by atoms with E-state index in [4.69, 9.17) is 0 Å². The molecule has 0 aromatic carbocycles. The van der Waals surface area contributed by atoms with E-state index >= 15 is 0 Å². The molecule has 0 radical (unpaired) electrons. The second-order valence-electron chi connectivity index (χ2n) is 5.74. The third-order valence-electron chi connectivity index (χ3n) is 4.45. The number of nitrogens with zero attached hydrogens (tertiary/aromatic N) is 1. The minimum Gasteiger partial charge on any atom is -0.343 e. The van der Waals surface area contributed by atoms with E-state index in [0.717, 1.165) is 19.3 Å². The maximum atomic E-state index is 12.4. The van der Waals surface area contributed by atoms with Crippen molar-refractivity contribution in [2.24, 2.45) is 5.92 Å². The van der Waals surface area contributed by atoms with Gasteiger partial charge >= 0.3 is 0 Å². The molecule has 1 N–H and O–H groups in total. The van der Waals surface area contributed by atoms with Crippen LogP contribution in [0.3, 0.4) is 0 Å². The molecular weight excluding hydrogens is 228 g/mol. The van der Waals surface area contributed by atoms with Gasteiger partial charge in [-0.1, -0.05) is 33.1 Å². The predicted octanol–water partition coefficient (Wildman–Crippen LogP) is 1.69. The van der Waals surface area contributed by atoms with Gasteiger partial charge in [-0.15, -0.1) is 0 Å². The Balaban J connectivity index is 2.26. The van der Waals surface area contributed by atoms with Gasteiger partial charge in [-0.05, 0) is 25.7 Å². The maximum absolute atomic E-state index is 12.4. The fourth-order valence-electron chi connectivity index (χ4n) is 3.19. The molecule has 0 spiro atoms. The topological polar surface area (TPSA) is 49.4 Å². The van der Waals surface area contributed by atoms with Gasteiger partial charge in [0, 0.05) is 6.04 Å².